The van der Waals surface area contributed by atoms with E-state index in [1.165, 1.54) is 0 Å². The van der Waals surface area contributed by atoms with Crippen molar-refractivity contribution in [3.8, 4) is 0 Å². The number of nitrogen functional groups attached to an aromatic ring is 1. The average molecular weight is 306 g/mol. The Morgan fingerprint density at radius 3 is 2.36 bits per heavy atom. The van der Waals surface area contributed by atoms with Crippen molar-refractivity contribution in [3.05, 3.63) is 29.8 Å². The number of nitrogens with one attached hydrogen (secondary N) is 1. The number of anilines is 1. The fourth-order valence-corrected chi connectivity index (χ4v) is 2.25. The number of carbonyl (C=O) groups is 1. The highest BCUT2D eigenvalue weighted by Gasteiger charge is 2.23. The van der Waals surface area contributed by atoms with Gasteiger partial charge in [0.25, 0.3) is 0 Å². The van der Waals surface area contributed by atoms with Gasteiger partial charge >= 0.3 is 6.09 Å². The summed E-state index contributed by atoms with van der Waals surface area (Å²) in [6, 6.07) is 7.48. The van der Waals surface area contributed by atoms with E-state index < -0.39 is 11.7 Å². The molecule has 0 spiro atoms. The molecule has 1 amide bonds. The van der Waals surface area contributed by atoms with Gasteiger partial charge in [0.15, 0.2) is 0 Å². The molecule has 22 heavy (non-hydrogen) atoms. The highest BCUT2D eigenvalue weighted by atomic mass is 16.6. The first-order valence-corrected chi connectivity index (χ1v) is 7.89. The zero-order valence-corrected chi connectivity index (χ0v) is 14.5. The van der Waals surface area contributed by atoms with E-state index in [1.807, 2.05) is 38.1 Å². The van der Waals surface area contributed by atoms with Gasteiger partial charge in [0.05, 0.1) is 0 Å². The van der Waals surface area contributed by atoms with Gasteiger partial charge in [0.1, 0.15) is 5.60 Å². The van der Waals surface area contributed by atoms with Crippen molar-refractivity contribution in [2.45, 2.75) is 66.0 Å². The molecule has 4 nitrogen and oxygen atoms in total. The summed E-state index contributed by atoms with van der Waals surface area (Å²) < 4.78 is 5.52. The Balaban J connectivity index is 2.38. The number of carbonyl (C=O) groups excluding carboxylic acids is 1. The van der Waals surface area contributed by atoms with E-state index in [2.05, 4.69) is 26.1 Å². The van der Waals surface area contributed by atoms with Crippen LogP contribution in [0.5, 0.6) is 0 Å². The zero-order valence-electron chi connectivity index (χ0n) is 14.5. The van der Waals surface area contributed by atoms with Crippen molar-refractivity contribution in [1.82, 2.24) is 5.32 Å². The molecule has 124 valence electrons. The second-order valence-corrected chi connectivity index (χ2v) is 7.62. The number of alkyl carbamates (subject to hydrolysis) is 1. The van der Waals surface area contributed by atoms with Crippen molar-refractivity contribution >= 4 is 11.8 Å². The van der Waals surface area contributed by atoms with E-state index >= 15 is 0 Å². The van der Waals surface area contributed by atoms with Crippen LogP contribution in [0.15, 0.2) is 24.3 Å². The number of rotatable bonds is 6. The maximum absolute atomic E-state index is 11.9. The molecule has 0 aromatic heterocycles. The van der Waals surface area contributed by atoms with Crippen molar-refractivity contribution in [2.24, 2.45) is 5.41 Å². The van der Waals surface area contributed by atoms with Crippen LogP contribution in [0.2, 0.25) is 0 Å². The van der Waals surface area contributed by atoms with Gasteiger partial charge in [0, 0.05) is 12.2 Å². The predicted molar refractivity (Wildman–Crippen MR) is 91.6 cm³/mol. The number of para-hydroxylation sites is 1. The molecule has 0 saturated heterocycles. The van der Waals surface area contributed by atoms with Crippen LogP contribution in [0.25, 0.3) is 0 Å². The minimum absolute atomic E-state index is 0.309. The van der Waals surface area contributed by atoms with Gasteiger partial charge in [-0.25, -0.2) is 4.79 Å². The zero-order chi connectivity index (χ0) is 16.8. The molecule has 1 rings (SSSR count). The van der Waals surface area contributed by atoms with Crippen LogP contribution in [0.1, 0.15) is 59.4 Å². The highest BCUT2D eigenvalue weighted by Crippen LogP contribution is 2.26. The predicted octanol–water partition coefficient (Wildman–Crippen LogP) is 4.49. The third kappa shape index (κ3) is 7.34. The van der Waals surface area contributed by atoms with E-state index in [0.29, 0.717) is 17.6 Å². The van der Waals surface area contributed by atoms with Crippen molar-refractivity contribution in [3.63, 3.8) is 0 Å². The van der Waals surface area contributed by atoms with Crippen LogP contribution in [-0.4, -0.2) is 11.7 Å². The molecule has 3 N–H and O–H groups in total. The molecule has 4 heteroatoms. The Morgan fingerprint density at radius 1 is 1.14 bits per heavy atom. The van der Waals surface area contributed by atoms with E-state index in [-0.39, 0.29) is 0 Å². The summed E-state index contributed by atoms with van der Waals surface area (Å²) in [5.41, 5.74) is 7.26. The first-order valence-electron chi connectivity index (χ1n) is 7.89. The van der Waals surface area contributed by atoms with E-state index in [4.69, 9.17) is 10.5 Å². The molecule has 0 aliphatic rings. The molecule has 0 fully saturated rings. The number of amides is 1. The van der Waals surface area contributed by atoms with Crippen molar-refractivity contribution in [1.29, 1.82) is 0 Å². The number of benzene rings is 1. The molecule has 0 unspecified atom stereocenters. The number of ether oxygens (including phenoxy) is 1. The SMILES string of the molecule is CC(C)(C)CCCC(C)(C)OC(=O)NCc1ccccc1N. The van der Waals surface area contributed by atoms with Gasteiger partial charge in [-0.05, 0) is 50.2 Å². The minimum atomic E-state index is -0.461. The molecule has 1 aromatic carbocycles. The molecule has 0 heterocycles. The summed E-state index contributed by atoms with van der Waals surface area (Å²) in [5, 5.41) is 2.76. The van der Waals surface area contributed by atoms with Gasteiger partial charge in [-0.2, -0.15) is 0 Å². The molecule has 0 radical (unpaired) electrons. The monoisotopic (exact) mass is 306 g/mol. The molecule has 1 aromatic rings. The van der Waals surface area contributed by atoms with Gasteiger partial charge < -0.3 is 15.8 Å². The minimum Gasteiger partial charge on any atom is -0.444 e. The Hall–Kier alpha value is -1.71. The molecular weight excluding hydrogens is 276 g/mol. The van der Waals surface area contributed by atoms with Crippen LogP contribution < -0.4 is 11.1 Å². The fourth-order valence-electron chi connectivity index (χ4n) is 2.25. The number of hydrogen-bond acceptors (Lipinski definition) is 3. The molecule has 0 aliphatic heterocycles. The second-order valence-electron chi connectivity index (χ2n) is 7.62. The molecule has 0 atom stereocenters. The lowest BCUT2D eigenvalue weighted by atomic mass is 9.87. The Labute approximate surface area is 134 Å². The third-order valence-electron chi connectivity index (χ3n) is 3.55. The molecule has 0 bridgehead atoms. The van der Waals surface area contributed by atoms with E-state index in [9.17, 15) is 4.79 Å². The van der Waals surface area contributed by atoms with E-state index in [1.54, 1.807) is 0 Å². The summed E-state index contributed by atoms with van der Waals surface area (Å²) in [7, 11) is 0. The normalized spacial score (nSPS) is 12.0. The summed E-state index contributed by atoms with van der Waals surface area (Å²) in [4.78, 5) is 11.9. The highest BCUT2D eigenvalue weighted by molar-refractivity contribution is 5.68. The van der Waals surface area contributed by atoms with Crippen LogP contribution in [0.4, 0.5) is 10.5 Å². The Bertz CT molecular complexity index is 490. The molecular formula is C18H30N2O2. The summed E-state index contributed by atoms with van der Waals surface area (Å²) in [6.07, 6.45) is 2.60. The van der Waals surface area contributed by atoms with Crippen LogP contribution in [0.3, 0.4) is 0 Å². The van der Waals surface area contributed by atoms with Gasteiger partial charge in [0.2, 0.25) is 0 Å². The van der Waals surface area contributed by atoms with Gasteiger partial charge in [-0.1, -0.05) is 39.0 Å². The molecule has 0 aliphatic carbocycles. The quantitative estimate of drug-likeness (QED) is 0.761. The summed E-state index contributed by atoms with van der Waals surface area (Å²) >= 11 is 0. The third-order valence-corrected chi connectivity index (χ3v) is 3.55. The van der Waals surface area contributed by atoms with Gasteiger partial charge in [-0.3, -0.25) is 0 Å². The van der Waals surface area contributed by atoms with Crippen LogP contribution in [0, 0.1) is 5.41 Å². The second kappa shape index (κ2) is 7.52. The standard InChI is InChI=1S/C18H30N2O2/c1-17(2,3)11-8-12-18(4,5)22-16(21)20-13-14-9-6-7-10-15(14)19/h6-7,9-10H,8,11-13,19H2,1-5H3,(H,20,21). The molecule has 0 saturated carbocycles. The number of nitrogens with two attached hydrogens (primary N) is 1. The topological polar surface area (TPSA) is 64.3 Å². The maximum atomic E-state index is 11.9. The van der Waals surface area contributed by atoms with Gasteiger partial charge in [-0.15, -0.1) is 0 Å². The lowest BCUT2D eigenvalue weighted by Crippen LogP contribution is -2.34. The Kier molecular flexibility index (Phi) is 6.27. The fraction of sp³-hybridized carbons (Fsp3) is 0.611. The van der Waals surface area contributed by atoms with Crippen molar-refractivity contribution in [2.75, 3.05) is 5.73 Å². The lowest BCUT2D eigenvalue weighted by Gasteiger charge is -2.27. The maximum Gasteiger partial charge on any atom is 0.407 e. The first kappa shape index (κ1) is 18.3. The Morgan fingerprint density at radius 2 is 1.77 bits per heavy atom. The smallest absolute Gasteiger partial charge is 0.407 e. The first-order chi connectivity index (χ1) is 10.1. The van der Waals surface area contributed by atoms with E-state index in [0.717, 1.165) is 24.8 Å². The average Bonchev–Trinajstić information content (AvgIpc) is 2.35. The number of hydrogen-bond donors (Lipinski definition) is 2. The summed E-state index contributed by atoms with van der Waals surface area (Å²) in [6.45, 7) is 10.9. The largest absolute Gasteiger partial charge is 0.444 e. The van der Waals surface area contributed by atoms with Crippen LogP contribution >= 0.6 is 0 Å². The summed E-state index contributed by atoms with van der Waals surface area (Å²) in [5.74, 6) is 0. The van der Waals surface area contributed by atoms with Crippen molar-refractivity contribution < 1.29 is 9.53 Å². The lowest BCUT2D eigenvalue weighted by molar-refractivity contribution is 0.0291. The van der Waals surface area contributed by atoms with Crippen LogP contribution in [-0.2, 0) is 11.3 Å².